The molecular formula is C15H10F3IO2. The molecule has 0 unspecified atom stereocenters. The van der Waals surface area contributed by atoms with Crippen molar-refractivity contribution in [3.8, 4) is 5.75 Å². The molecule has 0 bridgehead atoms. The van der Waals surface area contributed by atoms with Gasteiger partial charge in [0.25, 0.3) is 0 Å². The van der Waals surface area contributed by atoms with Crippen molar-refractivity contribution in [2.45, 2.75) is 6.18 Å². The number of alkyl halides is 3. The summed E-state index contributed by atoms with van der Waals surface area (Å²) >= 11 is 2.13. The first-order chi connectivity index (χ1) is 9.86. The lowest BCUT2D eigenvalue weighted by molar-refractivity contribution is -0.137. The molecule has 0 aliphatic carbocycles. The Morgan fingerprint density at radius 2 is 1.57 bits per heavy atom. The third-order valence-electron chi connectivity index (χ3n) is 2.72. The van der Waals surface area contributed by atoms with Crippen LogP contribution in [0.25, 0.3) is 0 Å². The van der Waals surface area contributed by atoms with Crippen molar-refractivity contribution in [2.75, 3.05) is 6.61 Å². The summed E-state index contributed by atoms with van der Waals surface area (Å²) in [5.74, 6) is -0.00633. The van der Waals surface area contributed by atoms with Crippen molar-refractivity contribution in [1.29, 1.82) is 0 Å². The molecule has 2 aromatic carbocycles. The first-order valence-electron chi connectivity index (χ1n) is 5.95. The Hall–Kier alpha value is -1.57. The maximum atomic E-state index is 12.4. The molecule has 0 radical (unpaired) electrons. The minimum absolute atomic E-state index is 0.216. The third kappa shape index (κ3) is 4.45. The van der Waals surface area contributed by atoms with Gasteiger partial charge in [-0.15, -0.1) is 0 Å². The van der Waals surface area contributed by atoms with E-state index in [9.17, 15) is 18.0 Å². The summed E-state index contributed by atoms with van der Waals surface area (Å²) in [6.07, 6.45) is -4.38. The molecule has 6 heteroatoms. The van der Waals surface area contributed by atoms with Gasteiger partial charge in [0.1, 0.15) is 5.75 Å². The molecule has 0 fully saturated rings. The zero-order valence-corrected chi connectivity index (χ0v) is 12.8. The topological polar surface area (TPSA) is 26.3 Å². The summed E-state index contributed by atoms with van der Waals surface area (Å²) in [5, 5.41) is 0. The van der Waals surface area contributed by atoms with E-state index in [-0.39, 0.29) is 18.1 Å². The highest BCUT2D eigenvalue weighted by molar-refractivity contribution is 14.1. The van der Waals surface area contributed by atoms with Gasteiger partial charge in [0.15, 0.2) is 12.4 Å². The number of benzene rings is 2. The molecule has 0 aliphatic rings. The lowest BCUT2D eigenvalue weighted by atomic mass is 10.1. The number of Topliss-reactive ketones (excluding diaryl/α,β-unsaturated/α-hetero) is 1. The number of halogens is 4. The van der Waals surface area contributed by atoms with Gasteiger partial charge in [0, 0.05) is 9.13 Å². The second-order valence-corrected chi connectivity index (χ2v) is 5.49. The van der Waals surface area contributed by atoms with Crippen molar-refractivity contribution in [3.63, 3.8) is 0 Å². The van der Waals surface area contributed by atoms with E-state index in [2.05, 4.69) is 22.6 Å². The lowest BCUT2D eigenvalue weighted by Gasteiger charge is -2.09. The highest BCUT2D eigenvalue weighted by Gasteiger charge is 2.30. The number of hydrogen-bond acceptors (Lipinski definition) is 2. The van der Waals surface area contributed by atoms with Crippen LogP contribution in [0.15, 0.2) is 48.5 Å². The van der Waals surface area contributed by atoms with Crippen LogP contribution in [0.1, 0.15) is 15.9 Å². The maximum Gasteiger partial charge on any atom is 0.416 e. The summed E-state index contributed by atoms with van der Waals surface area (Å²) < 4.78 is 43.4. The average molecular weight is 406 g/mol. The van der Waals surface area contributed by atoms with E-state index in [1.165, 1.54) is 12.1 Å². The number of carbonyl (C=O) groups excluding carboxylic acids is 1. The second-order valence-electron chi connectivity index (χ2n) is 4.24. The molecule has 0 heterocycles. The van der Waals surface area contributed by atoms with E-state index in [1.807, 2.05) is 0 Å². The SMILES string of the molecule is O=C(COc1ccc(C(F)(F)F)cc1)c1ccc(I)cc1. The fraction of sp³-hybridized carbons (Fsp3) is 0.133. The van der Waals surface area contributed by atoms with Crippen LogP contribution in [0.3, 0.4) is 0 Å². The molecule has 2 rings (SSSR count). The van der Waals surface area contributed by atoms with Crippen molar-refractivity contribution in [3.05, 3.63) is 63.2 Å². The molecule has 0 aliphatic heterocycles. The van der Waals surface area contributed by atoms with Gasteiger partial charge in [0.2, 0.25) is 0 Å². The smallest absolute Gasteiger partial charge is 0.416 e. The zero-order valence-electron chi connectivity index (χ0n) is 10.7. The first kappa shape index (κ1) is 15.8. The number of rotatable bonds is 4. The van der Waals surface area contributed by atoms with Crippen LogP contribution in [0.2, 0.25) is 0 Å². The monoisotopic (exact) mass is 406 g/mol. The summed E-state index contributed by atoms with van der Waals surface area (Å²) in [6.45, 7) is -0.216. The van der Waals surface area contributed by atoms with E-state index in [4.69, 9.17) is 4.74 Å². The van der Waals surface area contributed by atoms with Crippen LogP contribution in [0.5, 0.6) is 5.75 Å². The van der Waals surface area contributed by atoms with E-state index < -0.39 is 11.7 Å². The van der Waals surface area contributed by atoms with Crippen LogP contribution in [0.4, 0.5) is 13.2 Å². The molecular weight excluding hydrogens is 396 g/mol. The Bertz CT molecular complexity index is 619. The molecule has 0 amide bonds. The summed E-state index contributed by atoms with van der Waals surface area (Å²) in [7, 11) is 0. The number of carbonyl (C=O) groups is 1. The average Bonchev–Trinajstić information content (AvgIpc) is 2.45. The summed E-state index contributed by atoms with van der Waals surface area (Å²) in [6, 6.07) is 11.2. The van der Waals surface area contributed by atoms with Gasteiger partial charge >= 0.3 is 6.18 Å². The standard InChI is InChI=1S/C15H10F3IO2/c16-15(17,18)11-3-7-13(8-4-11)21-9-14(20)10-1-5-12(19)6-2-10/h1-8H,9H2. The molecule has 0 saturated carbocycles. The Balaban J connectivity index is 1.97. The molecule has 2 nitrogen and oxygen atoms in total. The minimum atomic E-state index is -4.38. The number of ketones is 1. The highest BCUT2D eigenvalue weighted by atomic mass is 127. The van der Waals surface area contributed by atoms with Crippen molar-refractivity contribution < 1.29 is 22.7 Å². The first-order valence-corrected chi connectivity index (χ1v) is 7.03. The molecule has 0 saturated heterocycles. The van der Waals surface area contributed by atoms with Gasteiger partial charge < -0.3 is 4.74 Å². The maximum absolute atomic E-state index is 12.4. The van der Waals surface area contributed by atoms with Gasteiger partial charge in [-0.05, 0) is 59.0 Å². The van der Waals surface area contributed by atoms with Gasteiger partial charge in [-0.1, -0.05) is 12.1 Å². The van der Waals surface area contributed by atoms with Crippen molar-refractivity contribution >= 4 is 28.4 Å². The highest BCUT2D eigenvalue weighted by Crippen LogP contribution is 2.30. The molecule has 21 heavy (non-hydrogen) atoms. The van der Waals surface area contributed by atoms with Crippen LogP contribution < -0.4 is 4.74 Å². The van der Waals surface area contributed by atoms with E-state index in [0.717, 1.165) is 15.7 Å². The molecule has 110 valence electrons. The minimum Gasteiger partial charge on any atom is -0.485 e. The van der Waals surface area contributed by atoms with E-state index in [0.29, 0.717) is 5.56 Å². The van der Waals surface area contributed by atoms with Gasteiger partial charge in [-0.2, -0.15) is 13.2 Å². The largest absolute Gasteiger partial charge is 0.485 e. The molecule has 2 aromatic rings. The molecule has 0 spiro atoms. The number of hydrogen-bond donors (Lipinski definition) is 0. The number of ether oxygens (including phenoxy) is 1. The van der Waals surface area contributed by atoms with Gasteiger partial charge in [-0.3, -0.25) is 4.79 Å². The Morgan fingerprint density at radius 1 is 1.00 bits per heavy atom. The second kappa shape index (κ2) is 6.46. The predicted octanol–water partition coefficient (Wildman–Crippen LogP) is 4.57. The quantitative estimate of drug-likeness (QED) is 0.550. The fourth-order valence-electron chi connectivity index (χ4n) is 1.61. The third-order valence-corrected chi connectivity index (χ3v) is 3.44. The summed E-state index contributed by atoms with van der Waals surface area (Å²) in [5.41, 5.74) is -0.249. The van der Waals surface area contributed by atoms with Crippen molar-refractivity contribution in [2.24, 2.45) is 0 Å². The zero-order chi connectivity index (χ0) is 15.5. The van der Waals surface area contributed by atoms with Crippen LogP contribution >= 0.6 is 22.6 Å². The van der Waals surface area contributed by atoms with E-state index in [1.54, 1.807) is 24.3 Å². The predicted molar refractivity (Wildman–Crippen MR) is 80.4 cm³/mol. The van der Waals surface area contributed by atoms with Crippen LogP contribution in [-0.2, 0) is 6.18 Å². The summed E-state index contributed by atoms with van der Waals surface area (Å²) in [4.78, 5) is 11.8. The van der Waals surface area contributed by atoms with E-state index >= 15 is 0 Å². The van der Waals surface area contributed by atoms with Crippen LogP contribution in [-0.4, -0.2) is 12.4 Å². The molecule has 0 N–H and O–H groups in total. The van der Waals surface area contributed by atoms with Crippen LogP contribution in [0, 0.1) is 3.57 Å². The lowest BCUT2D eigenvalue weighted by Crippen LogP contribution is -2.11. The molecule has 0 atom stereocenters. The fourth-order valence-corrected chi connectivity index (χ4v) is 1.97. The van der Waals surface area contributed by atoms with Gasteiger partial charge in [0.05, 0.1) is 5.56 Å². The Morgan fingerprint density at radius 3 is 2.10 bits per heavy atom. The Labute approximate surface area is 133 Å². The molecule has 0 aromatic heterocycles. The normalized spacial score (nSPS) is 11.2. The van der Waals surface area contributed by atoms with Crippen molar-refractivity contribution in [1.82, 2.24) is 0 Å². The Kier molecular flexibility index (Phi) is 4.87. The van der Waals surface area contributed by atoms with Gasteiger partial charge in [-0.25, -0.2) is 0 Å².